The number of benzene rings is 1. The third-order valence-corrected chi connectivity index (χ3v) is 6.75. The largest absolute Gasteiger partial charge is 0.349 e. The number of rotatable bonds is 3. The molecule has 1 N–H and O–H groups in total. The molecule has 1 aliphatic heterocycles. The monoisotopic (exact) mass is 423 g/mol. The summed E-state index contributed by atoms with van der Waals surface area (Å²) in [6.07, 6.45) is 6.30. The van der Waals surface area contributed by atoms with Crippen molar-refractivity contribution in [2.75, 3.05) is 27.2 Å². The fourth-order valence-electron chi connectivity index (χ4n) is 4.69. The Bertz CT molecular complexity index is 972. The Balaban J connectivity index is 1.43. The van der Waals surface area contributed by atoms with Gasteiger partial charge in [-0.15, -0.1) is 0 Å². The molecular weight excluding hydrogens is 390 g/mol. The summed E-state index contributed by atoms with van der Waals surface area (Å²) in [5.74, 6) is 0.0696. The van der Waals surface area contributed by atoms with Crippen LogP contribution < -0.4 is 5.32 Å². The van der Waals surface area contributed by atoms with Crippen LogP contribution >= 0.6 is 0 Å². The number of hydrogen-bond acceptors (Lipinski definition) is 3. The van der Waals surface area contributed by atoms with Gasteiger partial charge in [0.2, 0.25) is 5.91 Å². The first kappa shape index (κ1) is 21.4. The van der Waals surface area contributed by atoms with Gasteiger partial charge in [-0.3, -0.25) is 4.79 Å². The zero-order valence-electron chi connectivity index (χ0n) is 19.0. The summed E-state index contributed by atoms with van der Waals surface area (Å²) in [7, 11) is 3.53. The van der Waals surface area contributed by atoms with Crippen molar-refractivity contribution in [2.24, 2.45) is 5.92 Å². The zero-order valence-corrected chi connectivity index (χ0v) is 19.0. The zero-order chi connectivity index (χ0) is 22.1. The van der Waals surface area contributed by atoms with Crippen LogP contribution in [0.15, 0.2) is 24.4 Å². The highest BCUT2D eigenvalue weighted by molar-refractivity contribution is 5.80. The van der Waals surface area contributed by atoms with Gasteiger partial charge in [0.25, 0.3) is 0 Å². The van der Waals surface area contributed by atoms with Crippen molar-refractivity contribution in [3.8, 4) is 5.69 Å². The maximum Gasteiger partial charge on any atom is 0.319 e. The van der Waals surface area contributed by atoms with Gasteiger partial charge in [0.15, 0.2) is 0 Å². The van der Waals surface area contributed by atoms with E-state index in [1.54, 1.807) is 19.0 Å². The van der Waals surface area contributed by atoms with E-state index < -0.39 is 0 Å². The topological polar surface area (TPSA) is 70.5 Å². The van der Waals surface area contributed by atoms with Gasteiger partial charge in [-0.1, -0.05) is 6.07 Å². The van der Waals surface area contributed by atoms with E-state index in [1.807, 2.05) is 15.8 Å². The van der Waals surface area contributed by atoms with Crippen LogP contribution in [-0.4, -0.2) is 58.7 Å². The molecule has 1 atom stereocenters. The molecule has 31 heavy (non-hydrogen) atoms. The van der Waals surface area contributed by atoms with Crippen LogP contribution in [0.5, 0.6) is 0 Å². The van der Waals surface area contributed by atoms with E-state index in [4.69, 9.17) is 0 Å². The molecule has 0 bridgehead atoms. The Morgan fingerprint density at radius 1 is 1.10 bits per heavy atom. The van der Waals surface area contributed by atoms with Gasteiger partial charge in [-0.05, 0) is 69.2 Å². The van der Waals surface area contributed by atoms with E-state index in [0.29, 0.717) is 25.9 Å². The molecule has 1 saturated heterocycles. The molecule has 2 aliphatic rings. The standard InChI is InChI=1S/C24H33N5O2/c1-16-8-9-19(14-17(16)2)29-22-7-5-6-21(20(22)15-25-29)26-23(30)18-10-12-28(13-11-18)24(31)27(3)4/h8-9,14-15,18,21H,5-7,10-13H2,1-4H3,(H,26,30). The van der Waals surface area contributed by atoms with Crippen molar-refractivity contribution in [1.82, 2.24) is 24.9 Å². The number of likely N-dealkylation sites (tertiary alicyclic amines) is 1. The summed E-state index contributed by atoms with van der Waals surface area (Å²) < 4.78 is 2.03. The van der Waals surface area contributed by atoms with Crippen LogP contribution in [0.2, 0.25) is 0 Å². The molecule has 0 spiro atoms. The van der Waals surface area contributed by atoms with Gasteiger partial charge in [0, 0.05) is 44.4 Å². The number of piperidine rings is 1. The van der Waals surface area contributed by atoms with Gasteiger partial charge in [-0.2, -0.15) is 5.10 Å². The molecule has 0 saturated carbocycles. The second kappa shape index (κ2) is 8.73. The number of carbonyl (C=O) groups excluding carboxylic acids is 2. The van der Waals surface area contributed by atoms with E-state index in [0.717, 1.165) is 30.5 Å². The molecular formula is C24H33N5O2. The summed E-state index contributed by atoms with van der Waals surface area (Å²) in [4.78, 5) is 28.5. The van der Waals surface area contributed by atoms with Crippen LogP contribution in [0.3, 0.4) is 0 Å². The van der Waals surface area contributed by atoms with Crippen molar-refractivity contribution in [2.45, 2.75) is 52.0 Å². The van der Waals surface area contributed by atoms with Crippen molar-refractivity contribution < 1.29 is 9.59 Å². The quantitative estimate of drug-likeness (QED) is 0.823. The Kier molecular flexibility index (Phi) is 6.03. The predicted molar refractivity (Wildman–Crippen MR) is 120 cm³/mol. The molecule has 1 fully saturated rings. The Morgan fingerprint density at radius 2 is 1.84 bits per heavy atom. The number of aromatic nitrogens is 2. The molecule has 2 heterocycles. The van der Waals surface area contributed by atoms with E-state index in [1.165, 1.54) is 16.8 Å². The fraction of sp³-hybridized carbons (Fsp3) is 0.542. The van der Waals surface area contributed by atoms with Gasteiger partial charge in [-0.25, -0.2) is 9.48 Å². The molecule has 7 nitrogen and oxygen atoms in total. The van der Waals surface area contributed by atoms with Crippen LogP contribution in [0.1, 0.15) is 54.1 Å². The highest BCUT2D eigenvalue weighted by Crippen LogP contribution is 2.32. The Hall–Kier alpha value is -2.83. The second-order valence-corrected chi connectivity index (χ2v) is 9.12. The van der Waals surface area contributed by atoms with Gasteiger partial charge < -0.3 is 15.1 Å². The number of nitrogens with zero attached hydrogens (tertiary/aromatic N) is 4. The van der Waals surface area contributed by atoms with E-state index in [-0.39, 0.29) is 23.9 Å². The van der Waals surface area contributed by atoms with Crippen LogP contribution in [-0.2, 0) is 11.2 Å². The number of carbonyl (C=O) groups is 2. The first-order chi connectivity index (χ1) is 14.8. The summed E-state index contributed by atoms with van der Waals surface area (Å²) in [6.45, 7) is 5.50. The molecule has 7 heteroatoms. The van der Waals surface area contributed by atoms with Crippen LogP contribution in [0.4, 0.5) is 4.79 Å². The van der Waals surface area contributed by atoms with Crippen molar-refractivity contribution >= 4 is 11.9 Å². The minimum Gasteiger partial charge on any atom is -0.349 e. The molecule has 2 aromatic rings. The Labute approximate surface area is 184 Å². The number of amides is 3. The summed E-state index contributed by atoms with van der Waals surface area (Å²) in [5, 5.41) is 7.96. The summed E-state index contributed by atoms with van der Waals surface area (Å²) in [6, 6.07) is 6.45. The lowest BCUT2D eigenvalue weighted by Gasteiger charge is -2.34. The van der Waals surface area contributed by atoms with Crippen molar-refractivity contribution in [3.05, 3.63) is 46.8 Å². The summed E-state index contributed by atoms with van der Waals surface area (Å²) in [5.41, 5.74) is 5.94. The average Bonchev–Trinajstić information content (AvgIpc) is 3.20. The normalized spacial score (nSPS) is 19.1. The molecule has 1 aromatic heterocycles. The molecule has 166 valence electrons. The van der Waals surface area contributed by atoms with Crippen molar-refractivity contribution in [1.29, 1.82) is 0 Å². The third kappa shape index (κ3) is 4.31. The molecule has 4 rings (SSSR count). The van der Waals surface area contributed by atoms with E-state index in [9.17, 15) is 9.59 Å². The number of nitrogens with one attached hydrogen (secondary N) is 1. The first-order valence-electron chi connectivity index (χ1n) is 11.3. The molecule has 1 unspecified atom stereocenters. The molecule has 1 aromatic carbocycles. The van der Waals surface area contributed by atoms with Gasteiger partial charge >= 0.3 is 6.03 Å². The number of urea groups is 1. The minimum atomic E-state index is -0.0358. The highest BCUT2D eigenvalue weighted by Gasteiger charge is 2.31. The predicted octanol–water partition coefficient (Wildman–Crippen LogP) is 3.38. The van der Waals surface area contributed by atoms with Gasteiger partial charge in [0.1, 0.15) is 0 Å². The second-order valence-electron chi connectivity index (χ2n) is 9.12. The fourth-order valence-corrected chi connectivity index (χ4v) is 4.69. The molecule has 1 aliphatic carbocycles. The Morgan fingerprint density at radius 3 is 2.52 bits per heavy atom. The lowest BCUT2D eigenvalue weighted by molar-refractivity contribution is -0.127. The number of fused-ring (bicyclic) bond motifs is 1. The van der Waals surface area contributed by atoms with Gasteiger partial charge in [0.05, 0.1) is 17.9 Å². The molecule has 0 radical (unpaired) electrons. The van der Waals surface area contributed by atoms with Crippen LogP contribution in [0, 0.1) is 19.8 Å². The lowest BCUT2D eigenvalue weighted by atomic mass is 9.90. The summed E-state index contributed by atoms with van der Waals surface area (Å²) >= 11 is 0. The number of aryl methyl sites for hydroxylation is 2. The van der Waals surface area contributed by atoms with Crippen molar-refractivity contribution in [3.63, 3.8) is 0 Å². The molecule has 3 amide bonds. The minimum absolute atomic E-state index is 0.0120. The van der Waals surface area contributed by atoms with E-state index in [2.05, 4.69) is 42.5 Å². The maximum absolute atomic E-state index is 13.0. The first-order valence-corrected chi connectivity index (χ1v) is 11.3. The number of hydrogen-bond donors (Lipinski definition) is 1. The van der Waals surface area contributed by atoms with Crippen LogP contribution in [0.25, 0.3) is 5.69 Å². The van der Waals surface area contributed by atoms with E-state index >= 15 is 0 Å². The SMILES string of the molecule is Cc1ccc(-n2ncc3c2CCCC3NC(=O)C2CCN(C(=O)N(C)C)CC2)cc1C. The average molecular weight is 424 g/mol. The highest BCUT2D eigenvalue weighted by atomic mass is 16.2. The maximum atomic E-state index is 13.0. The lowest BCUT2D eigenvalue weighted by Crippen LogP contribution is -2.47. The third-order valence-electron chi connectivity index (χ3n) is 6.75. The smallest absolute Gasteiger partial charge is 0.319 e.